The maximum atomic E-state index is 13.9. The molecule has 9 nitrogen and oxygen atoms in total. The van der Waals surface area contributed by atoms with Crippen molar-refractivity contribution in [2.24, 2.45) is 0 Å². The number of rotatable bonds is 6. The van der Waals surface area contributed by atoms with Crippen molar-refractivity contribution in [3.05, 3.63) is 41.6 Å². The predicted molar refractivity (Wildman–Crippen MR) is 152 cm³/mol. The van der Waals surface area contributed by atoms with Crippen molar-refractivity contribution >= 4 is 35.1 Å². The number of amides is 2. The van der Waals surface area contributed by atoms with E-state index in [0.29, 0.717) is 37.9 Å². The molecule has 0 saturated carbocycles. The molecule has 2 amide bonds. The van der Waals surface area contributed by atoms with E-state index < -0.39 is 35.0 Å². The molecule has 0 bridgehead atoms. The number of aliphatic hydroxyl groups is 1. The van der Waals surface area contributed by atoms with Crippen LogP contribution in [0.3, 0.4) is 0 Å². The Bertz CT molecular complexity index is 1240. The molecule has 2 N–H and O–H groups in total. The van der Waals surface area contributed by atoms with Gasteiger partial charge in [-0.3, -0.25) is 14.3 Å². The van der Waals surface area contributed by atoms with Crippen LogP contribution in [0.5, 0.6) is 0 Å². The van der Waals surface area contributed by atoms with Crippen LogP contribution in [0.2, 0.25) is 0 Å². The highest BCUT2D eigenvalue weighted by Gasteiger charge is 2.38. The number of benzene rings is 1. The summed E-state index contributed by atoms with van der Waals surface area (Å²) in [7, 11) is 0. The van der Waals surface area contributed by atoms with Crippen LogP contribution in [0.1, 0.15) is 84.2 Å². The van der Waals surface area contributed by atoms with E-state index in [1.54, 1.807) is 72.2 Å². The summed E-state index contributed by atoms with van der Waals surface area (Å²) in [6.07, 6.45) is 6.02. The highest BCUT2D eigenvalue weighted by Crippen LogP contribution is 2.30. The van der Waals surface area contributed by atoms with Gasteiger partial charge in [0.1, 0.15) is 17.2 Å². The maximum absolute atomic E-state index is 13.9. The molecule has 1 saturated heterocycles. The summed E-state index contributed by atoms with van der Waals surface area (Å²) in [5, 5.41) is 13.9. The topological polar surface area (TPSA) is 110 Å². The fourth-order valence-corrected chi connectivity index (χ4v) is 4.54. The molecule has 1 aliphatic heterocycles. The molecular formula is C30H43N3O6. The Labute approximate surface area is 231 Å². The summed E-state index contributed by atoms with van der Waals surface area (Å²) >= 11 is 0. The van der Waals surface area contributed by atoms with Gasteiger partial charge >= 0.3 is 12.2 Å². The van der Waals surface area contributed by atoms with Crippen LogP contribution in [0.25, 0.3) is 17.0 Å². The molecule has 1 fully saturated rings. The molecule has 1 atom stereocenters. The summed E-state index contributed by atoms with van der Waals surface area (Å²) in [6.45, 7) is 15.0. The third-order valence-corrected chi connectivity index (χ3v) is 6.08. The second-order valence-electron chi connectivity index (χ2n) is 12.6. The molecule has 39 heavy (non-hydrogen) atoms. The highest BCUT2D eigenvalue weighted by atomic mass is 16.6. The van der Waals surface area contributed by atoms with Crippen molar-refractivity contribution in [1.82, 2.24) is 14.8 Å². The molecular weight excluding hydrogens is 498 g/mol. The number of fused-ring (bicyclic) bond motifs is 1. The number of likely N-dealkylation sites (tertiary alicyclic amines) is 1. The molecule has 214 valence electrons. The van der Waals surface area contributed by atoms with Gasteiger partial charge in [-0.1, -0.05) is 24.3 Å². The molecule has 0 aliphatic carbocycles. The second-order valence-corrected chi connectivity index (χ2v) is 12.6. The predicted octanol–water partition coefficient (Wildman–Crippen LogP) is 5.53. The van der Waals surface area contributed by atoms with Crippen LogP contribution in [0.15, 0.2) is 30.5 Å². The lowest BCUT2D eigenvalue weighted by Crippen LogP contribution is -2.44. The lowest BCUT2D eigenvalue weighted by atomic mass is 10.0. The van der Waals surface area contributed by atoms with Gasteiger partial charge < -0.3 is 19.9 Å². The van der Waals surface area contributed by atoms with Gasteiger partial charge in [0, 0.05) is 24.7 Å². The van der Waals surface area contributed by atoms with Gasteiger partial charge in [-0.05, 0) is 91.8 Å². The van der Waals surface area contributed by atoms with Gasteiger partial charge in [0.15, 0.2) is 0 Å². The molecule has 9 heteroatoms. The summed E-state index contributed by atoms with van der Waals surface area (Å²) in [5.74, 6) is -0.210. The van der Waals surface area contributed by atoms with Crippen LogP contribution in [-0.2, 0) is 15.9 Å². The fourth-order valence-electron chi connectivity index (χ4n) is 4.54. The van der Waals surface area contributed by atoms with Crippen molar-refractivity contribution in [3.63, 3.8) is 0 Å². The third-order valence-electron chi connectivity index (χ3n) is 6.08. The van der Waals surface area contributed by atoms with Gasteiger partial charge in [0.05, 0.1) is 11.1 Å². The number of alkyl carbamates (subject to hydrolysis) is 1. The molecule has 2 aromatic rings. The fraction of sp³-hybridized carbons (Fsp3) is 0.567. The van der Waals surface area contributed by atoms with E-state index in [9.17, 15) is 19.5 Å². The summed E-state index contributed by atoms with van der Waals surface area (Å²) in [5.41, 5.74) is 0.0978. The molecule has 1 aromatic heterocycles. The van der Waals surface area contributed by atoms with Crippen molar-refractivity contribution in [3.8, 4) is 0 Å². The Kier molecular flexibility index (Phi) is 8.85. The smallest absolute Gasteiger partial charge is 0.410 e. The average molecular weight is 542 g/mol. The number of carbonyl (C=O) groups excluding carboxylic acids is 3. The van der Waals surface area contributed by atoms with E-state index in [-0.39, 0.29) is 5.91 Å². The van der Waals surface area contributed by atoms with E-state index in [0.717, 1.165) is 16.5 Å². The van der Waals surface area contributed by atoms with Crippen LogP contribution < -0.4 is 5.32 Å². The Morgan fingerprint density at radius 2 is 1.72 bits per heavy atom. The van der Waals surface area contributed by atoms with E-state index in [1.807, 2.05) is 24.3 Å². The number of ether oxygens (including phenoxy) is 2. The van der Waals surface area contributed by atoms with E-state index in [2.05, 4.69) is 5.32 Å². The second kappa shape index (κ2) is 11.4. The van der Waals surface area contributed by atoms with Crippen molar-refractivity contribution < 1.29 is 29.0 Å². The monoisotopic (exact) mass is 541 g/mol. The molecule has 1 aromatic carbocycles. The molecule has 0 radical (unpaired) electrons. The zero-order valence-electron chi connectivity index (χ0n) is 24.5. The first-order chi connectivity index (χ1) is 18.0. The standard InChI is InChI=1S/C30H43N3O6/c1-28(2,3)38-26(35)31-17-15-21-19-33(22-12-9-11-20(24(21)22)14-16-30(7,8)37)25(34)23-13-10-18-32(23)27(36)39-29(4,5)6/h9,11-12,14,16,19,23,37H,10,13,15,17-18H2,1-8H3,(H,31,35)/b16-14+/t23-/m0/s1. The molecule has 3 rings (SSSR count). The Balaban J connectivity index is 1.97. The number of hydrogen-bond donors (Lipinski definition) is 2. The first kappa shape index (κ1) is 30.2. The van der Waals surface area contributed by atoms with Gasteiger partial charge in [0.25, 0.3) is 5.91 Å². The summed E-state index contributed by atoms with van der Waals surface area (Å²) < 4.78 is 12.5. The van der Waals surface area contributed by atoms with E-state index in [4.69, 9.17) is 9.47 Å². The molecule has 0 spiro atoms. The van der Waals surface area contributed by atoms with Gasteiger partial charge in [-0.2, -0.15) is 0 Å². The normalized spacial score (nSPS) is 16.6. The number of hydrogen-bond acceptors (Lipinski definition) is 6. The van der Waals surface area contributed by atoms with Crippen molar-refractivity contribution in [2.45, 2.75) is 97.5 Å². The third kappa shape index (κ3) is 8.33. The SMILES string of the molecule is CC(C)(O)/C=C/c1cccc2c1c(CCNC(=O)OC(C)(C)C)cn2C(=O)[C@@H]1CCCN1C(=O)OC(C)(C)C. The number of nitrogens with zero attached hydrogens (tertiary/aromatic N) is 2. The van der Waals surface area contributed by atoms with Gasteiger partial charge in [0.2, 0.25) is 0 Å². The highest BCUT2D eigenvalue weighted by molar-refractivity contribution is 6.01. The molecule has 2 heterocycles. The van der Waals surface area contributed by atoms with E-state index in [1.165, 1.54) is 4.90 Å². The largest absolute Gasteiger partial charge is 0.444 e. The zero-order chi connectivity index (χ0) is 29.2. The van der Waals surface area contributed by atoms with Gasteiger partial charge in [-0.25, -0.2) is 9.59 Å². The quantitative estimate of drug-likeness (QED) is 0.497. The first-order valence-electron chi connectivity index (χ1n) is 13.5. The van der Waals surface area contributed by atoms with Crippen LogP contribution in [0, 0.1) is 0 Å². The van der Waals surface area contributed by atoms with Crippen molar-refractivity contribution in [1.29, 1.82) is 0 Å². The Morgan fingerprint density at radius 3 is 2.33 bits per heavy atom. The zero-order valence-corrected chi connectivity index (χ0v) is 24.5. The maximum Gasteiger partial charge on any atom is 0.410 e. The van der Waals surface area contributed by atoms with Crippen LogP contribution >= 0.6 is 0 Å². The van der Waals surface area contributed by atoms with E-state index >= 15 is 0 Å². The minimum absolute atomic E-state index is 0.210. The number of aromatic nitrogens is 1. The number of nitrogens with one attached hydrogen (secondary N) is 1. The minimum Gasteiger partial charge on any atom is -0.444 e. The molecule has 0 unspecified atom stereocenters. The first-order valence-corrected chi connectivity index (χ1v) is 13.5. The summed E-state index contributed by atoms with van der Waals surface area (Å²) in [6, 6.07) is 5.01. The van der Waals surface area contributed by atoms with Crippen LogP contribution in [0.4, 0.5) is 9.59 Å². The minimum atomic E-state index is -1.02. The van der Waals surface area contributed by atoms with Gasteiger partial charge in [-0.15, -0.1) is 0 Å². The Morgan fingerprint density at radius 1 is 1.05 bits per heavy atom. The Hall–Kier alpha value is -3.33. The lowest BCUT2D eigenvalue weighted by Gasteiger charge is -2.28. The average Bonchev–Trinajstić information content (AvgIpc) is 3.40. The van der Waals surface area contributed by atoms with Crippen molar-refractivity contribution in [2.75, 3.05) is 13.1 Å². The van der Waals surface area contributed by atoms with Crippen LogP contribution in [-0.4, -0.2) is 68.6 Å². The molecule has 1 aliphatic rings. The number of carbonyl (C=O) groups is 3. The summed E-state index contributed by atoms with van der Waals surface area (Å²) in [4.78, 5) is 40.5. The lowest BCUT2D eigenvalue weighted by molar-refractivity contribution is 0.0211.